The lowest BCUT2D eigenvalue weighted by Gasteiger charge is -2.14. The van der Waals surface area contributed by atoms with Crippen molar-refractivity contribution in [3.05, 3.63) is 59.7 Å². The molecule has 0 amide bonds. The molecule has 1 atom stereocenters. The van der Waals surface area contributed by atoms with Crippen LogP contribution in [0.1, 0.15) is 17.2 Å². The van der Waals surface area contributed by atoms with Crippen LogP contribution in [0.2, 0.25) is 0 Å². The molecule has 0 saturated carbocycles. The van der Waals surface area contributed by atoms with Gasteiger partial charge in [-0.15, -0.1) is 0 Å². The molecule has 2 rings (SSSR count). The molecule has 18 heavy (non-hydrogen) atoms. The van der Waals surface area contributed by atoms with Crippen LogP contribution in [-0.2, 0) is 6.42 Å². The molecule has 4 heteroatoms. The standard InChI is InChI=1S/C14H15FN2O/c1-18-13-6-2-5-11(14(13)15)12(16)8-10-4-3-7-17-9-10/h2-7,9,12H,8,16H2,1H3. The van der Waals surface area contributed by atoms with Gasteiger partial charge in [-0.2, -0.15) is 0 Å². The van der Waals surface area contributed by atoms with Crippen LogP contribution in [0.5, 0.6) is 5.75 Å². The highest BCUT2D eigenvalue weighted by Crippen LogP contribution is 2.25. The fraction of sp³-hybridized carbons (Fsp3) is 0.214. The largest absolute Gasteiger partial charge is 0.494 e. The third kappa shape index (κ3) is 2.65. The Labute approximate surface area is 105 Å². The van der Waals surface area contributed by atoms with E-state index >= 15 is 0 Å². The number of rotatable bonds is 4. The summed E-state index contributed by atoms with van der Waals surface area (Å²) >= 11 is 0. The Morgan fingerprint density at radius 1 is 1.33 bits per heavy atom. The van der Waals surface area contributed by atoms with E-state index in [-0.39, 0.29) is 5.75 Å². The lowest BCUT2D eigenvalue weighted by molar-refractivity contribution is 0.382. The van der Waals surface area contributed by atoms with Gasteiger partial charge in [0.05, 0.1) is 7.11 Å². The zero-order valence-corrected chi connectivity index (χ0v) is 10.1. The molecule has 1 unspecified atom stereocenters. The van der Waals surface area contributed by atoms with Gasteiger partial charge in [0.2, 0.25) is 0 Å². The minimum Gasteiger partial charge on any atom is -0.494 e. The van der Waals surface area contributed by atoms with E-state index in [2.05, 4.69) is 4.98 Å². The van der Waals surface area contributed by atoms with Crippen LogP contribution in [0.4, 0.5) is 4.39 Å². The van der Waals surface area contributed by atoms with Crippen molar-refractivity contribution in [3.63, 3.8) is 0 Å². The van der Waals surface area contributed by atoms with Crippen LogP contribution >= 0.6 is 0 Å². The lowest BCUT2D eigenvalue weighted by atomic mass is 10.00. The van der Waals surface area contributed by atoms with Crippen molar-refractivity contribution in [1.82, 2.24) is 4.98 Å². The number of pyridine rings is 1. The van der Waals surface area contributed by atoms with Gasteiger partial charge in [-0.05, 0) is 24.1 Å². The van der Waals surface area contributed by atoms with Crippen molar-refractivity contribution in [1.29, 1.82) is 0 Å². The molecule has 1 heterocycles. The summed E-state index contributed by atoms with van der Waals surface area (Å²) in [7, 11) is 1.44. The normalized spacial score (nSPS) is 12.2. The van der Waals surface area contributed by atoms with E-state index in [0.29, 0.717) is 12.0 Å². The SMILES string of the molecule is COc1cccc(C(N)Cc2cccnc2)c1F. The predicted molar refractivity (Wildman–Crippen MR) is 67.8 cm³/mol. The van der Waals surface area contributed by atoms with Gasteiger partial charge in [-0.3, -0.25) is 4.98 Å². The van der Waals surface area contributed by atoms with E-state index in [1.54, 1.807) is 30.6 Å². The summed E-state index contributed by atoms with van der Waals surface area (Å²) in [4.78, 5) is 4.01. The maximum atomic E-state index is 14.0. The second-order valence-corrected chi connectivity index (χ2v) is 4.04. The van der Waals surface area contributed by atoms with E-state index in [1.807, 2.05) is 12.1 Å². The summed E-state index contributed by atoms with van der Waals surface area (Å²) < 4.78 is 18.9. The summed E-state index contributed by atoms with van der Waals surface area (Å²) in [5.74, 6) is -0.175. The molecule has 0 aliphatic carbocycles. The van der Waals surface area contributed by atoms with E-state index in [1.165, 1.54) is 7.11 Å². The van der Waals surface area contributed by atoms with Crippen molar-refractivity contribution < 1.29 is 9.13 Å². The van der Waals surface area contributed by atoms with Gasteiger partial charge in [-0.1, -0.05) is 18.2 Å². The quantitative estimate of drug-likeness (QED) is 0.901. The second-order valence-electron chi connectivity index (χ2n) is 4.04. The Balaban J connectivity index is 2.21. The molecule has 1 aromatic heterocycles. The van der Waals surface area contributed by atoms with Crippen molar-refractivity contribution in [2.24, 2.45) is 5.73 Å². The third-order valence-corrected chi connectivity index (χ3v) is 2.79. The van der Waals surface area contributed by atoms with Crippen LogP contribution in [0, 0.1) is 5.82 Å². The van der Waals surface area contributed by atoms with Crippen LogP contribution in [0.25, 0.3) is 0 Å². The molecular formula is C14H15FN2O. The van der Waals surface area contributed by atoms with Gasteiger partial charge in [0.1, 0.15) is 0 Å². The Hall–Kier alpha value is -1.94. The lowest BCUT2D eigenvalue weighted by Crippen LogP contribution is -2.15. The molecule has 2 N–H and O–H groups in total. The number of methoxy groups -OCH3 is 1. The van der Waals surface area contributed by atoms with Crippen molar-refractivity contribution >= 4 is 0 Å². The fourth-order valence-electron chi connectivity index (χ4n) is 1.85. The number of hydrogen-bond acceptors (Lipinski definition) is 3. The Bertz CT molecular complexity index is 516. The number of nitrogens with two attached hydrogens (primary N) is 1. The first kappa shape index (κ1) is 12.5. The zero-order valence-electron chi connectivity index (χ0n) is 10.1. The maximum Gasteiger partial charge on any atom is 0.169 e. The molecule has 1 aromatic carbocycles. The summed E-state index contributed by atoms with van der Waals surface area (Å²) in [5, 5.41) is 0. The molecule has 0 radical (unpaired) electrons. The smallest absolute Gasteiger partial charge is 0.169 e. The minimum atomic E-state index is -0.413. The molecule has 2 aromatic rings. The number of ether oxygens (including phenoxy) is 1. The average molecular weight is 246 g/mol. The molecule has 0 saturated heterocycles. The van der Waals surface area contributed by atoms with Crippen LogP contribution < -0.4 is 10.5 Å². The summed E-state index contributed by atoms with van der Waals surface area (Å²) in [6, 6.07) is 8.34. The molecule has 0 bridgehead atoms. The summed E-state index contributed by atoms with van der Waals surface area (Å²) in [6.45, 7) is 0. The molecule has 0 fully saturated rings. The highest BCUT2D eigenvalue weighted by atomic mass is 19.1. The zero-order chi connectivity index (χ0) is 13.0. The van der Waals surface area contributed by atoms with Crippen LogP contribution in [0.15, 0.2) is 42.7 Å². The highest BCUT2D eigenvalue weighted by Gasteiger charge is 2.15. The number of nitrogens with zero attached hydrogens (tertiary/aromatic N) is 1. The van der Waals surface area contributed by atoms with Crippen molar-refractivity contribution in [3.8, 4) is 5.75 Å². The minimum absolute atomic E-state index is 0.217. The second kappa shape index (κ2) is 5.60. The van der Waals surface area contributed by atoms with E-state index < -0.39 is 11.9 Å². The first-order chi connectivity index (χ1) is 8.72. The predicted octanol–water partition coefficient (Wildman–Crippen LogP) is 2.47. The van der Waals surface area contributed by atoms with Crippen molar-refractivity contribution in [2.45, 2.75) is 12.5 Å². The molecular weight excluding hydrogens is 231 g/mol. The monoisotopic (exact) mass is 246 g/mol. The van der Waals surface area contributed by atoms with Gasteiger partial charge in [0, 0.05) is 24.0 Å². The van der Waals surface area contributed by atoms with Gasteiger partial charge >= 0.3 is 0 Å². The number of benzene rings is 1. The van der Waals surface area contributed by atoms with E-state index in [0.717, 1.165) is 5.56 Å². The molecule has 0 aliphatic rings. The van der Waals surface area contributed by atoms with Gasteiger partial charge in [-0.25, -0.2) is 4.39 Å². The first-order valence-corrected chi connectivity index (χ1v) is 5.69. The Morgan fingerprint density at radius 2 is 2.17 bits per heavy atom. The summed E-state index contributed by atoms with van der Waals surface area (Å²) in [6.07, 6.45) is 3.97. The summed E-state index contributed by atoms with van der Waals surface area (Å²) in [5.41, 5.74) is 7.46. The molecule has 3 nitrogen and oxygen atoms in total. The van der Waals surface area contributed by atoms with Gasteiger partial charge < -0.3 is 10.5 Å². The van der Waals surface area contributed by atoms with E-state index in [9.17, 15) is 4.39 Å². The van der Waals surface area contributed by atoms with Crippen LogP contribution in [-0.4, -0.2) is 12.1 Å². The number of aromatic nitrogens is 1. The maximum absolute atomic E-state index is 14.0. The van der Waals surface area contributed by atoms with E-state index in [4.69, 9.17) is 10.5 Å². The molecule has 0 spiro atoms. The van der Waals surface area contributed by atoms with Gasteiger partial charge in [0.15, 0.2) is 11.6 Å². The topological polar surface area (TPSA) is 48.1 Å². The molecule has 94 valence electrons. The first-order valence-electron chi connectivity index (χ1n) is 5.69. The van der Waals surface area contributed by atoms with Gasteiger partial charge in [0.25, 0.3) is 0 Å². The van der Waals surface area contributed by atoms with Crippen LogP contribution in [0.3, 0.4) is 0 Å². The third-order valence-electron chi connectivity index (χ3n) is 2.79. The Morgan fingerprint density at radius 3 is 2.83 bits per heavy atom. The van der Waals surface area contributed by atoms with Crippen molar-refractivity contribution in [2.75, 3.05) is 7.11 Å². The Kier molecular flexibility index (Phi) is 3.89. The number of halogens is 1. The molecule has 0 aliphatic heterocycles. The fourth-order valence-corrected chi connectivity index (χ4v) is 1.85. The number of hydrogen-bond donors (Lipinski definition) is 1. The highest BCUT2D eigenvalue weighted by molar-refractivity contribution is 5.33. The average Bonchev–Trinajstić information content (AvgIpc) is 2.40.